The molecular weight excluding hydrogens is 178 g/mol. The van der Waals surface area contributed by atoms with Crippen molar-refractivity contribution >= 4 is 12.4 Å². The molecule has 1 aliphatic heterocycles. The van der Waals surface area contributed by atoms with E-state index in [1.165, 1.54) is 5.06 Å². The van der Waals surface area contributed by atoms with E-state index in [1.807, 2.05) is 27.7 Å². The van der Waals surface area contributed by atoms with E-state index in [0.717, 1.165) is 0 Å². The van der Waals surface area contributed by atoms with Crippen LogP contribution >= 0.6 is 12.4 Å². The van der Waals surface area contributed by atoms with E-state index in [9.17, 15) is 10.3 Å². The lowest BCUT2D eigenvalue weighted by atomic mass is 9.98. The molecule has 1 aliphatic rings. The number of halogens is 1. The summed E-state index contributed by atoms with van der Waals surface area (Å²) in [7, 11) is 0. The Labute approximate surface area is 79.7 Å². The number of aliphatic hydroxyl groups excluding tert-OH is 1. The molecule has 12 heavy (non-hydrogen) atoms. The van der Waals surface area contributed by atoms with E-state index < -0.39 is 11.6 Å². The summed E-state index contributed by atoms with van der Waals surface area (Å²) in [6.45, 7) is 7.52. The van der Waals surface area contributed by atoms with Crippen molar-refractivity contribution < 1.29 is 10.3 Å². The Kier molecular flexibility index (Phi) is 3.19. The Morgan fingerprint density at radius 2 is 1.67 bits per heavy atom. The van der Waals surface area contributed by atoms with Gasteiger partial charge in [-0.05, 0) is 34.1 Å². The molecule has 0 aliphatic carbocycles. The van der Waals surface area contributed by atoms with Crippen LogP contribution in [0.2, 0.25) is 0 Å². The zero-order chi connectivity index (χ0) is 8.86. The molecule has 4 heteroatoms. The van der Waals surface area contributed by atoms with Crippen LogP contribution in [0.5, 0.6) is 0 Å². The maximum atomic E-state index is 9.63. The number of hydroxylamine groups is 2. The van der Waals surface area contributed by atoms with Crippen molar-refractivity contribution in [2.75, 3.05) is 0 Å². The topological polar surface area (TPSA) is 43.7 Å². The van der Waals surface area contributed by atoms with Crippen LogP contribution < -0.4 is 0 Å². The lowest BCUT2D eigenvalue weighted by Crippen LogP contribution is -2.48. The van der Waals surface area contributed by atoms with Crippen molar-refractivity contribution in [2.24, 2.45) is 0 Å². The lowest BCUT2D eigenvalue weighted by molar-refractivity contribution is -0.201. The van der Waals surface area contributed by atoms with Crippen LogP contribution in [0.4, 0.5) is 0 Å². The molecule has 0 amide bonds. The number of hydrogen-bond acceptors (Lipinski definition) is 3. The Morgan fingerprint density at radius 3 is 1.75 bits per heavy atom. The number of aliphatic hydroxyl groups is 1. The normalized spacial score (nSPS) is 33.0. The summed E-state index contributed by atoms with van der Waals surface area (Å²) in [5.41, 5.74) is -0.813. The largest absolute Gasteiger partial charge is 0.391 e. The second-order valence-electron chi connectivity index (χ2n) is 4.50. The van der Waals surface area contributed by atoms with Crippen LogP contribution in [0, 0.1) is 0 Å². The van der Waals surface area contributed by atoms with Gasteiger partial charge in [-0.25, -0.2) is 0 Å². The summed E-state index contributed by atoms with van der Waals surface area (Å²) in [6, 6.07) is 0. The van der Waals surface area contributed by atoms with Crippen molar-refractivity contribution in [1.82, 2.24) is 5.06 Å². The molecule has 74 valence electrons. The summed E-state index contributed by atoms with van der Waals surface area (Å²) in [5.74, 6) is 0. The molecule has 1 rings (SSSR count). The van der Waals surface area contributed by atoms with Gasteiger partial charge in [-0.15, -0.1) is 12.4 Å². The summed E-state index contributed by atoms with van der Waals surface area (Å²) < 4.78 is 0. The maximum absolute atomic E-state index is 9.63. The number of rotatable bonds is 0. The smallest absolute Gasteiger partial charge is 0.0759 e. The van der Waals surface area contributed by atoms with Gasteiger partial charge in [0.05, 0.1) is 11.6 Å². The van der Waals surface area contributed by atoms with Gasteiger partial charge < -0.3 is 10.3 Å². The highest BCUT2D eigenvalue weighted by atomic mass is 35.5. The second kappa shape index (κ2) is 3.14. The Hall–Kier alpha value is 0.170. The summed E-state index contributed by atoms with van der Waals surface area (Å²) in [4.78, 5) is 0. The first-order valence-electron chi connectivity index (χ1n) is 3.96. The Balaban J connectivity index is 0.00000121. The van der Waals surface area contributed by atoms with Gasteiger partial charge in [-0.2, -0.15) is 5.06 Å². The van der Waals surface area contributed by atoms with Gasteiger partial charge in [0.25, 0.3) is 0 Å². The van der Waals surface area contributed by atoms with E-state index in [1.54, 1.807) is 0 Å². The van der Waals surface area contributed by atoms with Crippen molar-refractivity contribution in [3.63, 3.8) is 0 Å². The molecule has 3 nitrogen and oxygen atoms in total. The molecular formula is C8H18ClNO2. The third kappa shape index (κ3) is 1.59. The maximum Gasteiger partial charge on any atom is 0.0759 e. The highest BCUT2D eigenvalue weighted by Gasteiger charge is 2.50. The van der Waals surface area contributed by atoms with Gasteiger partial charge in [-0.1, -0.05) is 0 Å². The molecule has 0 aromatic heterocycles. The molecule has 1 heterocycles. The quantitative estimate of drug-likeness (QED) is 0.615. The fraction of sp³-hybridized carbons (Fsp3) is 1.00. The third-order valence-electron chi connectivity index (χ3n) is 2.63. The molecule has 1 fully saturated rings. The molecule has 1 atom stereocenters. The molecule has 2 N–H and O–H groups in total. The number of hydrogen-bond donors (Lipinski definition) is 2. The van der Waals surface area contributed by atoms with Crippen LogP contribution in [0.15, 0.2) is 0 Å². The number of nitrogens with zero attached hydrogens (tertiary/aromatic N) is 1. The highest BCUT2D eigenvalue weighted by Crippen LogP contribution is 2.38. The molecule has 0 spiro atoms. The Morgan fingerprint density at radius 1 is 1.25 bits per heavy atom. The molecule has 0 radical (unpaired) electrons. The fourth-order valence-electron chi connectivity index (χ4n) is 1.73. The van der Waals surface area contributed by atoms with Crippen molar-refractivity contribution in [2.45, 2.75) is 51.3 Å². The summed E-state index contributed by atoms with van der Waals surface area (Å²) in [5, 5.41) is 20.4. The van der Waals surface area contributed by atoms with E-state index in [-0.39, 0.29) is 17.9 Å². The first-order valence-corrected chi connectivity index (χ1v) is 3.96. The molecule has 0 aromatic rings. The van der Waals surface area contributed by atoms with Gasteiger partial charge in [0.2, 0.25) is 0 Å². The minimum atomic E-state index is -0.510. The predicted molar refractivity (Wildman–Crippen MR) is 49.7 cm³/mol. The lowest BCUT2D eigenvalue weighted by Gasteiger charge is -2.34. The van der Waals surface area contributed by atoms with Crippen LogP contribution in [-0.4, -0.2) is 32.6 Å². The van der Waals surface area contributed by atoms with Gasteiger partial charge in [0.1, 0.15) is 0 Å². The predicted octanol–water partition coefficient (Wildman–Crippen LogP) is 1.42. The van der Waals surface area contributed by atoms with Crippen LogP contribution in [0.1, 0.15) is 34.1 Å². The van der Waals surface area contributed by atoms with E-state index >= 15 is 0 Å². The highest BCUT2D eigenvalue weighted by molar-refractivity contribution is 5.85. The van der Waals surface area contributed by atoms with Gasteiger partial charge in [-0.3, -0.25) is 0 Å². The Bertz CT molecular complexity index is 170. The van der Waals surface area contributed by atoms with Gasteiger partial charge in [0.15, 0.2) is 0 Å². The molecule has 0 aromatic carbocycles. The zero-order valence-electron chi connectivity index (χ0n) is 8.03. The molecule has 0 saturated carbocycles. The molecule has 1 saturated heterocycles. The standard InChI is InChI=1S/C8H17NO2.ClH/c1-7(2)5-6(10)8(3,4)9(7)11;/h6,10-11H,5H2,1-4H3;1H. The second-order valence-corrected chi connectivity index (χ2v) is 4.50. The first kappa shape index (κ1) is 12.2. The van der Waals surface area contributed by atoms with Gasteiger partial charge >= 0.3 is 0 Å². The van der Waals surface area contributed by atoms with E-state index in [2.05, 4.69) is 0 Å². The van der Waals surface area contributed by atoms with Crippen molar-refractivity contribution in [1.29, 1.82) is 0 Å². The average molecular weight is 196 g/mol. The first-order chi connectivity index (χ1) is 4.78. The molecule has 0 bridgehead atoms. The van der Waals surface area contributed by atoms with Crippen LogP contribution in [-0.2, 0) is 0 Å². The minimum Gasteiger partial charge on any atom is -0.391 e. The summed E-state index contributed by atoms with van der Waals surface area (Å²) >= 11 is 0. The van der Waals surface area contributed by atoms with E-state index in [0.29, 0.717) is 6.42 Å². The van der Waals surface area contributed by atoms with Crippen molar-refractivity contribution in [3.05, 3.63) is 0 Å². The van der Waals surface area contributed by atoms with Crippen LogP contribution in [0.3, 0.4) is 0 Å². The van der Waals surface area contributed by atoms with Crippen molar-refractivity contribution in [3.8, 4) is 0 Å². The SMILES string of the molecule is CC1(C)CC(O)C(C)(C)N1O.Cl. The molecule has 1 unspecified atom stereocenters. The van der Waals surface area contributed by atoms with E-state index in [4.69, 9.17) is 0 Å². The monoisotopic (exact) mass is 195 g/mol. The average Bonchev–Trinajstić information content (AvgIpc) is 1.94. The zero-order valence-corrected chi connectivity index (χ0v) is 8.85. The summed E-state index contributed by atoms with van der Waals surface area (Å²) in [6.07, 6.45) is 0.179. The van der Waals surface area contributed by atoms with Gasteiger partial charge in [0, 0.05) is 5.54 Å². The third-order valence-corrected chi connectivity index (χ3v) is 2.63. The fourth-order valence-corrected chi connectivity index (χ4v) is 1.73. The van der Waals surface area contributed by atoms with Crippen LogP contribution in [0.25, 0.3) is 0 Å². The minimum absolute atomic E-state index is 0.